The van der Waals surface area contributed by atoms with Crippen molar-refractivity contribution >= 4 is 5.69 Å². The van der Waals surface area contributed by atoms with E-state index in [1.165, 1.54) is 0 Å². The first-order chi connectivity index (χ1) is 8.65. The quantitative estimate of drug-likeness (QED) is 0.886. The maximum Gasteiger partial charge on any atom is 0.142 e. The second kappa shape index (κ2) is 6.10. The molecule has 0 radical (unpaired) electrons. The third-order valence-corrected chi connectivity index (χ3v) is 3.09. The summed E-state index contributed by atoms with van der Waals surface area (Å²) in [6.45, 7) is 7.07. The van der Waals surface area contributed by atoms with Crippen molar-refractivity contribution in [3.63, 3.8) is 0 Å². The van der Waals surface area contributed by atoms with Gasteiger partial charge in [0.15, 0.2) is 0 Å². The van der Waals surface area contributed by atoms with Gasteiger partial charge in [-0.2, -0.15) is 0 Å². The fraction of sp³-hybridized carbons (Fsp3) is 0.600. The van der Waals surface area contributed by atoms with Gasteiger partial charge in [-0.1, -0.05) is 12.1 Å². The van der Waals surface area contributed by atoms with Crippen LogP contribution in [0.4, 0.5) is 5.69 Å². The molecular formula is C15H23NO2. The largest absolute Gasteiger partial charge is 0.489 e. The molecule has 1 fully saturated rings. The Morgan fingerprint density at radius 3 is 2.83 bits per heavy atom. The zero-order valence-corrected chi connectivity index (χ0v) is 11.5. The van der Waals surface area contributed by atoms with Crippen molar-refractivity contribution in [2.45, 2.75) is 51.9 Å². The molecule has 3 nitrogen and oxygen atoms in total. The van der Waals surface area contributed by atoms with Crippen molar-refractivity contribution in [3.8, 4) is 5.75 Å². The Bertz CT molecular complexity index is 379. The van der Waals surface area contributed by atoms with E-state index in [1.54, 1.807) is 0 Å². The molecule has 2 rings (SSSR count). The highest BCUT2D eigenvalue weighted by Crippen LogP contribution is 2.27. The van der Waals surface area contributed by atoms with Crippen LogP contribution in [0.1, 0.15) is 33.6 Å². The Hall–Kier alpha value is -1.22. The third-order valence-electron chi connectivity index (χ3n) is 3.09. The minimum atomic E-state index is 0.196. The molecule has 1 aromatic rings. The average molecular weight is 249 g/mol. The van der Waals surface area contributed by atoms with Crippen molar-refractivity contribution in [1.29, 1.82) is 0 Å². The Balaban J connectivity index is 2.03. The zero-order chi connectivity index (χ0) is 13.0. The van der Waals surface area contributed by atoms with Crippen molar-refractivity contribution < 1.29 is 9.47 Å². The molecule has 18 heavy (non-hydrogen) atoms. The summed E-state index contributed by atoms with van der Waals surface area (Å²) in [7, 11) is 0. The highest BCUT2D eigenvalue weighted by Gasteiger charge is 2.20. The van der Waals surface area contributed by atoms with Crippen LogP contribution in [0.3, 0.4) is 0 Å². The van der Waals surface area contributed by atoms with Crippen LogP contribution >= 0.6 is 0 Å². The first-order valence-corrected chi connectivity index (χ1v) is 6.79. The minimum absolute atomic E-state index is 0.196. The Kier molecular flexibility index (Phi) is 4.48. The Labute approximate surface area is 109 Å². The highest BCUT2D eigenvalue weighted by molar-refractivity contribution is 5.56. The summed E-state index contributed by atoms with van der Waals surface area (Å²) < 4.78 is 11.4. The van der Waals surface area contributed by atoms with Crippen LogP contribution in [0.5, 0.6) is 5.75 Å². The standard InChI is InChI=1S/C15H23NO2/c1-11(2)18-15-7-5-4-6-14(15)16-13-8-9-17-12(3)10-13/h4-7,11-13,16H,8-10H2,1-3H3. The molecule has 1 aromatic carbocycles. The van der Waals surface area contributed by atoms with Crippen molar-refractivity contribution in [3.05, 3.63) is 24.3 Å². The van der Waals surface area contributed by atoms with Gasteiger partial charge in [0, 0.05) is 12.6 Å². The van der Waals surface area contributed by atoms with Crippen LogP contribution in [0, 0.1) is 0 Å². The molecule has 0 amide bonds. The predicted molar refractivity (Wildman–Crippen MR) is 74.3 cm³/mol. The summed E-state index contributed by atoms with van der Waals surface area (Å²) in [4.78, 5) is 0. The van der Waals surface area contributed by atoms with Gasteiger partial charge in [-0.05, 0) is 45.7 Å². The van der Waals surface area contributed by atoms with Crippen LogP contribution in [0.25, 0.3) is 0 Å². The topological polar surface area (TPSA) is 30.5 Å². The normalized spacial score (nSPS) is 24.0. The molecule has 0 saturated carbocycles. The van der Waals surface area contributed by atoms with Crippen molar-refractivity contribution in [2.75, 3.05) is 11.9 Å². The monoisotopic (exact) mass is 249 g/mol. The third kappa shape index (κ3) is 3.64. The van der Waals surface area contributed by atoms with Gasteiger partial charge in [0.25, 0.3) is 0 Å². The fourth-order valence-corrected chi connectivity index (χ4v) is 2.29. The second-order valence-electron chi connectivity index (χ2n) is 5.21. The number of para-hydroxylation sites is 2. The molecule has 1 saturated heterocycles. The number of hydrogen-bond acceptors (Lipinski definition) is 3. The van der Waals surface area contributed by atoms with E-state index in [0.717, 1.165) is 30.9 Å². The highest BCUT2D eigenvalue weighted by atomic mass is 16.5. The number of ether oxygens (including phenoxy) is 2. The van der Waals surface area contributed by atoms with Crippen LogP contribution in [0.2, 0.25) is 0 Å². The summed E-state index contributed by atoms with van der Waals surface area (Å²) in [5.41, 5.74) is 1.09. The zero-order valence-electron chi connectivity index (χ0n) is 11.5. The van der Waals surface area contributed by atoms with Gasteiger partial charge in [0.05, 0.1) is 17.9 Å². The SMILES string of the molecule is CC(C)Oc1ccccc1NC1CCOC(C)C1. The molecule has 1 aliphatic rings. The first-order valence-electron chi connectivity index (χ1n) is 6.79. The molecule has 100 valence electrons. The van der Waals surface area contributed by atoms with E-state index >= 15 is 0 Å². The second-order valence-corrected chi connectivity index (χ2v) is 5.21. The van der Waals surface area contributed by atoms with Gasteiger partial charge in [0.1, 0.15) is 5.75 Å². The average Bonchev–Trinajstić information content (AvgIpc) is 2.31. The number of anilines is 1. The Morgan fingerprint density at radius 1 is 1.33 bits per heavy atom. The van der Waals surface area contributed by atoms with Gasteiger partial charge >= 0.3 is 0 Å². The molecule has 0 aliphatic carbocycles. The maximum atomic E-state index is 5.82. The van der Waals surface area contributed by atoms with E-state index in [1.807, 2.05) is 32.0 Å². The number of benzene rings is 1. The molecule has 1 aliphatic heterocycles. The van der Waals surface area contributed by atoms with E-state index < -0.39 is 0 Å². The summed E-state index contributed by atoms with van der Waals surface area (Å²) in [6, 6.07) is 8.63. The van der Waals surface area contributed by atoms with Gasteiger partial charge < -0.3 is 14.8 Å². The van der Waals surface area contributed by atoms with Crippen LogP contribution in [0.15, 0.2) is 24.3 Å². The lowest BCUT2D eigenvalue weighted by atomic mass is 10.0. The lowest BCUT2D eigenvalue weighted by Gasteiger charge is -2.29. The lowest BCUT2D eigenvalue weighted by molar-refractivity contribution is 0.0232. The van der Waals surface area contributed by atoms with E-state index in [4.69, 9.17) is 9.47 Å². The van der Waals surface area contributed by atoms with E-state index in [-0.39, 0.29) is 6.10 Å². The fourth-order valence-electron chi connectivity index (χ4n) is 2.29. The minimum Gasteiger partial charge on any atom is -0.489 e. The molecule has 0 aromatic heterocycles. The lowest BCUT2D eigenvalue weighted by Crippen LogP contribution is -2.32. The van der Waals surface area contributed by atoms with E-state index in [9.17, 15) is 0 Å². The van der Waals surface area contributed by atoms with Gasteiger partial charge in [-0.25, -0.2) is 0 Å². The maximum absolute atomic E-state index is 5.82. The molecule has 3 heteroatoms. The Morgan fingerprint density at radius 2 is 2.11 bits per heavy atom. The number of nitrogens with one attached hydrogen (secondary N) is 1. The van der Waals surface area contributed by atoms with Crippen molar-refractivity contribution in [1.82, 2.24) is 0 Å². The molecule has 1 N–H and O–H groups in total. The van der Waals surface area contributed by atoms with Crippen LogP contribution < -0.4 is 10.1 Å². The van der Waals surface area contributed by atoms with E-state index in [0.29, 0.717) is 12.1 Å². The van der Waals surface area contributed by atoms with Crippen LogP contribution in [-0.4, -0.2) is 24.9 Å². The smallest absolute Gasteiger partial charge is 0.142 e. The summed E-state index contributed by atoms with van der Waals surface area (Å²) in [5, 5.41) is 3.58. The summed E-state index contributed by atoms with van der Waals surface area (Å²) in [5.74, 6) is 0.937. The molecule has 2 unspecified atom stereocenters. The van der Waals surface area contributed by atoms with Gasteiger partial charge in [-0.15, -0.1) is 0 Å². The van der Waals surface area contributed by atoms with E-state index in [2.05, 4.69) is 18.3 Å². The predicted octanol–water partition coefficient (Wildman–Crippen LogP) is 3.45. The summed E-state index contributed by atoms with van der Waals surface area (Å²) >= 11 is 0. The first kappa shape index (κ1) is 13.2. The molecule has 1 heterocycles. The van der Waals surface area contributed by atoms with Crippen LogP contribution in [-0.2, 0) is 4.74 Å². The molecular weight excluding hydrogens is 226 g/mol. The van der Waals surface area contributed by atoms with Gasteiger partial charge in [-0.3, -0.25) is 0 Å². The molecule has 0 bridgehead atoms. The number of rotatable bonds is 4. The summed E-state index contributed by atoms with van der Waals surface area (Å²) in [6.07, 6.45) is 2.65. The van der Waals surface area contributed by atoms with Crippen molar-refractivity contribution in [2.24, 2.45) is 0 Å². The van der Waals surface area contributed by atoms with Gasteiger partial charge in [0.2, 0.25) is 0 Å². The molecule has 2 atom stereocenters. The number of hydrogen-bond donors (Lipinski definition) is 1. The molecule has 0 spiro atoms.